The van der Waals surface area contributed by atoms with Crippen molar-refractivity contribution in [1.29, 1.82) is 0 Å². The van der Waals surface area contributed by atoms with Crippen LogP contribution >= 0.6 is 0 Å². The second kappa shape index (κ2) is 21.5. The Morgan fingerprint density at radius 3 is 1.36 bits per heavy atom. The molecule has 6 fully saturated rings. The number of hydrogen-bond acceptors (Lipinski definition) is 10. The van der Waals surface area contributed by atoms with Gasteiger partial charge in [-0.1, -0.05) is 13.3 Å². The average molecular weight is 795 g/mol. The Bertz CT molecular complexity index is 1170. The summed E-state index contributed by atoms with van der Waals surface area (Å²) in [4.78, 5) is 27.1. The van der Waals surface area contributed by atoms with Crippen molar-refractivity contribution >= 4 is 12.2 Å². The zero-order chi connectivity index (χ0) is 40.3. The molecule has 2 heterocycles. The number of aliphatic hydroxyl groups is 1. The first-order valence-electron chi connectivity index (χ1n) is 22.3. The van der Waals surface area contributed by atoms with Crippen LogP contribution in [0.3, 0.4) is 0 Å². The number of ether oxygens (including phenoxy) is 7. The van der Waals surface area contributed by atoms with E-state index in [0.717, 1.165) is 120 Å². The molecule has 324 valence electrons. The SMILES string of the molecule is CC(C)(C)OC(=O)N1CC(OCCCCOC[C@@H]2C[C@H]2C2CC(O)C2)C1.CCCCOC1CC([C@@H]2C[C@H]2COCCCCOC2CN(C(=O)OC(C)(C)C)C2)C1. The van der Waals surface area contributed by atoms with E-state index >= 15 is 0 Å². The molecule has 0 unspecified atom stereocenters. The van der Waals surface area contributed by atoms with Crippen LogP contribution in [-0.4, -0.2) is 135 Å². The predicted octanol–water partition coefficient (Wildman–Crippen LogP) is 7.48. The lowest BCUT2D eigenvalue weighted by Crippen LogP contribution is -2.55. The molecule has 0 aromatic rings. The van der Waals surface area contributed by atoms with Crippen molar-refractivity contribution in [3.63, 3.8) is 0 Å². The Labute approximate surface area is 338 Å². The topological polar surface area (TPSA) is 125 Å². The summed E-state index contributed by atoms with van der Waals surface area (Å²) in [6.45, 7) is 21.9. The van der Waals surface area contributed by atoms with E-state index in [2.05, 4.69) is 6.92 Å². The largest absolute Gasteiger partial charge is 0.444 e. The molecule has 6 aliphatic rings. The van der Waals surface area contributed by atoms with E-state index < -0.39 is 11.2 Å². The van der Waals surface area contributed by atoms with E-state index in [1.165, 1.54) is 38.5 Å². The fourth-order valence-electron chi connectivity index (χ4n) is 8.17. The van der Waals surface area contributed by atoms with Crippen molar-refractivity contribution in [1.82, 2.24) is 9.80 Å². The smallest absolute Gasteiger partial charge is 0.410 e. The van der Waals surface area contributed by atoms with E-state index in [9.17, 15) is 14.7 Å². The maximum absolute atomic E-state index is 11.9. The van der Waals surface area contributed by atoms with Crippen LogP contribution < -0.4 is 0 Å². The highest BCUT2D eigenvalue weighted by Crippen LogP contribution is 2.53. The second-order valence-corrected chi connectivity index (χ2v) is 19.6. The Morgan fingerprint density at radius 2 is 0.946 bits per heavy atom. The van der Waals surface area contributed by atoms with E-state index in [0.29, 0.717) is 32.3 Å². The van der Waals surface area contributed by atoms with Crippen LogP contribution in [0.25, 0.3) is 0 Å². The minimum absolute atomic E-state index is 0.0333. The number of nitrogens with zero attached hydrogens (tertiary/aromatic N) is 2. The van der Waals surface area contributed by atoms with Gasteiger partial charge in [-0.25, -0.2) is 9.59 Å². The van der Waals surface area contributed by atoms with E-state index in [-0.39, 0.29) is 30.5 Å². The molecule has 1 N–H and O–H groups in total. The molecule has 4 aliphatic carbocycles. The van der Waals surface area contributed by atoms with Gasteiger partial charge in [0.05, 0.1) is 50.6 Å². The molecule has 0 radical (unpaired) electrons. The summed E-state index contributed by atoms with van der Waals surface area (Å²) < 4.78 is 39.9. The predicted molar refractivity (Wildman–Crippen MR) is 214 cm³/mol. The molecule has 2 amide bonds. The van der Waals surface area contributed by atoms with Gasteiger partial charge in [-0.2, -0.15) is 0 Å². The zero-order valence-corrected chi connectivity index (χ0v) is 36.1. The molecule has 12 nitrogen and oxygen atoms in total. The molecule has 0 aromatic heterocycles. The van der Waals surface area contributed by atoms with Crippen LogP contribution in [-0.2, 0) is 33.2 Å². The van der Waals surface area contributed by atoms with Gasteiger partial charge in [0.25, 0.3) is 0 Å². The first-order chi connectivity index (χ1) is 26.7. The van der Waals surface area contributed by atoms with Crippen LogP contribution in [0.2, 0.25) is 0 Å². The van der Waals surface area contributed by atoms with Crippen LogP contribution in [0.1, 0.15) is 126 Å². The third-order valence-electron chi connectivity index (χ3n) is 12.0. The van der Waals surface area contributed by atoms with Crippen molar-refractivity contribution in [2.75, 3.05) is 72.4 Å². The summed E-state index contributed by atoms with van der Waals surface area (Å²) in [5.74, 6) is 4.88. The summed E-state index contributed by atoms with van der Waals surface area (Å²) in [6.07, 6.45) is 14.0. The van der Waals surface area contributed by atoms with Gasteiger partial charge < -0.3 is 48.1 Å². The normalized spacial score (nSPS) is 29.9. The first kappa shape index (κ1) is 45.4. The number of carbonyl (C=O) groups is 2. The molecule has 12 heteroatoms. The number of carbonyl (C=O) groups excluding carboxylic acids is 2. The standard InChI is InChI=1S/C24H43NO5.C20H35NO5/c1-5-6-10-28-20-12-18(13-20)22-14-19(22)17-27-9-7-8-11-29-21-15-25(16-21)23(26)30-24(2,3)4;1-20(2,3)26-19(23)21-11-17(12-21)25-7-5-4-6-24-13-15-10-18(15)14-8-16(22)9-14/h18-22H,5-17H2,1-4H3;14-18,22H,4-13H2,1-3H3/t18?,19-,20?,22-;14?,15-,16?,18-/m00/s1. The van der Waals surface area contributed by atoms with Crippen molar-refractivity contribution < 1.29 is 47.9 Å². The second-order valence-electron chi connectivity index (χ2n) is 19.6. The van der Waals surface area contributed by atoms with Gasteiger partial charge in [0.1, 0.15) is 11.2 Å². The molecule has 4 atom stereocenters. The van der Waals surface area contributed by atoms with Crippen molar-refractivity contribution in [2.24, 2.45) is 35.5 Å². The molecule has 2 saturated heterocycles. The molecular formula is C44H78N2O10. The summed E-state index contributed by atoms with van der Waals surface area (Å²) in [5, 5.41) is 9.36. The molecule has 56 heavy (non-hydrogen) atoms. The van der Waals surface area contributed by atoms with Gasteiger partial charge in [-0.3, -0.25) is 0 Å². The lowest BCUT2D eigenvalue weighted by Gasteiger charge is -2.39. The Kier molecular flexibility index (Phi) is 17.4. The van der Waals surface area contributed by atoms with Crippen molar-refractivity contribution in [3.05, 3.63) is 0 Å². The summed E-state index contributed by atoms with van der Waals surface area (Å²) in [6, 6.07) is 0. The van der Waals surface area contributed by atoms with Crippen molar-refractivity contribution in [2.45, 2.75) is 161 Å². The minimum Gasteiger partial charge on any atom is -0.444 e. The average Bonchev–Trinajstić information content (AvgIpc) is 3.96. The molecule has 0 bridgehead atoms. The quantitative estimate of drug-likeness (QED) is 0.110. The summed E-state index contributed by atoms with van der Waals surface area (Å²) in [5.41, 5.74) is -0.880. The Hall–Kier alpha value is -1.70. The molecule has 0 spiro atoms. The van der Waals surface area contributed by atoms with Gasteiger partial charge in [0, 0.05) is 46.2 Å². The van der Waals surface area contributed by atoms with Gasteiger partial charge in [0.15, 0.2) is 0 Å². The lowest BCUT2D eigenvalue weighted by molar-refractivity contribution is -0.0645. The van der Waals surface area contributed by atoms with E-state index in [1.54, 1.807) is 9.80 Å². The Morgan fingerprint density at radius 1 is 0.554 bits per heavy atom. The van der Waals surface area contributed by atoms with Crippen molar-refractivity contribution in [3.8, 4) is 0 Å². The van der Waals surface area contributed by atoms with Crippen LogP contribution in [0, 0.1) is 35.5 Å². The highest BCUT2D eigenvalue weighted by atomic mass is 16.6. The number of rotatable bonds is 22. The number of likely N-dealkylation sites (tertiary alicyclic amines) is 2. The zero-order valence-electron chi connectivity index (χ0n) is 36.1. The lowest BCUT2D eigenvalue weighted by atomic mass is 9.78. The third-order valence-corrected chi connectivity index (χ3v) is 12.0. The van der Waals surface area contributed by atoms with Gasteiger partial charge in [-0.15, -0.1) is 0 Å². The number of hydrogen-bond donors (Lipinski definition) is 1. The highest BCUT2D eigenvalue weighted by Gasteiger charge is 2.48. The van der Waals surface area contributed by atoms with Crippen LogP contribution in [0.4, 0.5) is 9.59 Å². The van der Waals surface area contributed by atoms with Crippen LogP contribution in [0.15, 0.2) is 0 Å². The number of amides is 2. The highest BCUT2D eigenvalue weighted by molar-refractivity contribution is 5.69. The maximum atomic E-state index is 11.9. The molecule has 2 aliphatic heterocycles. The van der Waals surface area contributed by atoms with Gasteiger partial charge in [0.2, 0.25) is 0 Å². The number of unbranched alkanes of at least 4 members (excludes halogenated alkanes) is 3. The molecular weight excluding hydrogens is 716 g/mol. The maximum Gasteiger partial charge on any atom is 0.410 e. The summed E-state index contributed by atoms with van der Waals surface area (Å²) >= 11 is 0. The minimum atomic E-state index is -0.442. The van der Waals surface area contributed by atoms with E-state index in [1.807, 2.05) is 41.5 Å². The van der Waals surface area contributed by atoms with Crippen LogP contribution in [0.5, 0.6) is 0 Å². The van der Waals surface area contributed by atoms with Gasteiger partial charge in [-0.05, 0) is 148 Å². The fraction of sp³-hybridized carbons (Fsp3) is 0.955. The van der Waals surface area contributed by atoms with E-state index in [4.69, 9.17) is 33.2 Å². The monoisotopic (exact) mass is 795 g/mol. The first-order valence-corrected chi connectivity index (χ1v) is 22.3. The molecule has 6 rings (SSSR count). The van der Waals surface area contributed by atoms with Gasteiger partial charge >= 0.3 is 12.2 Å². The third kappa shape index (κ3) is 15.8. The fourth-order valence-corrected chi connectivity index (χ4v) is 8.17. The molecule has 4 saturated carbocycles. The Balaban J connectivity index is 0.000000216. The summed E-state index contributed by atoms with van der Waals surface area (Å²) in [7, 11) is 0. The molecule has 0 aromatic carbocycles. The number of aliphatic hydroxyl groups excluding tert-OH is 1.